The van der Waals surface area contributed by atoms with Gasteiger partial charge in [0.15, 0.2) is 0 Å². The van der Waals surface area contributed by atoms with Crippen LogP contribution < -0.4 is 0 Å². The Morgan fingerprint density at radius 2 is 1.81 bits per heavy atom. The Labute approximate surface area is 169 Å². The molecular weight excluding hydrogens is 409 g/mol. The Balaban J connectivity index is 1.76. The van der Waals surface area contributed by atoms with Crippen molar-refractivity contribution in [1.82, 2.24) is 24.9 Å². The van der Waals surface area contributed by atoms with E-state index in [0.29, 0.717) is 23.1 Å². The summed E-state index contributed by atoms with van der Waals surface area (Å²) < 4.78 is 25.4. The van der Waals surface area contributed by atoms with Crippen LogP contribution in [0.25, 0.3) is 6.08 Å². The van der Waals surface area contributed by atoms with Crippen molar-refractivity contribution in [3.63, 3.8) is 0 Å². The highest BCUT2D eigenvalue weighted by Gasteiger charge is 2.14. The highest BCUT2D eigenvalue weighted by atomic mass is 35.5. The molecule has 0 saturated heterocycles. The van der Waals surface area contributed by atoms with Crippen LogP contribution in [-0.2, 0) is 16.4 Å². The fraction of sp³-hybridized carbons (Fsp3) is 0.471. The van der Waals surface area contributed by atoms with Gasteiger partial charge in [-0.1, -0.05) is 48.2 Å². The van der Waals surface area contributed by atoms with Crippen molar-refractivity contribution in [3.05, 3.63) is 45.7 Å². The van der Waals surface area contributed by atoms with E-state index >= 15 is 0 Å². The van der Waals surface area contributed by atoms with Crippen LogP contribution >= 0.6 is 23.2 Å². The molecule has 0 unspecified atom stereocenters. The lowest BCUT2D eigenvalue weighted by Gasteiger charge is -2.18. The molecule has 0 fully saturated rings. The van der Waals surface area contributed by atoms with Gasteiger partial charge in [0.2, 0.25) is 10.0 Å². The number of hydrogen-bond donors (Lipinski definition) is 1. The van der Waals surface area contributed by atoms with Gasteiger partial charge in [-0.05, 0) is 47.0 Å². The average molecular weight is 432 g/mol. The molecule has 0 aliphatic heterocycles. The molecule has 0 radical (unpaired) electrons. The van der Waals surface area contributed by atoms with Crippen molar-refractivity contribution in [1.29, 1.82) is 0 Å². The lowest BCUT2D eigenvalue weighted by molar-refractivity contribution is 0.429. The lowest BCUT2D eigenvalue weighted by Crippen LogP contribution is -2.31. The van der Waals surface area contributed by atoms with Gasteiger partial charge in [0.05, 0.1) is 6.26 Å². The number of halogens is 2. The van der Waals surface area contributed by atoms with Gasteiger partial charge in [-0.15, -0.1) is 5.10 Å². The number of rotatable bonds is 11. The molecule has 2 aromatic rings. The maximum Gasteiger partial charge on any atom is 0.211 e. The van der Waals surface area contributed by atoms with Crippen molar-refractivity contribution < 1.29 is 8.42 Å². The zero-order valence-corrected chi connectivity index (χ0v) is 17.4. The topological polar surface area (TPSA) is 91.8 Å². The maximum absolute atomic E-state index is 12.0. The minimum atomic E-state index is -3.27. The first kappa shape index (κ1) is 21.8. The van der Waals surface area contributed by atoms with E-state index in [-0.39, 0.29) is 0 Å². The molecule has 27 heavy (non-hydrogen) atoms. The van der Waals surface area contributed by atoms with E-state index in [1.54, 1.807) is 24.3 Å². The fourth-order valence-electron chi connectivity index (χ4n) is 2.59. The lowest BCUT2D eigenvalue weighted by atomic mass is 10.1. The first-order chi connectivity index (χ1) is 12.8. The highest BCUT2D eigenvalue weighted by molar-refractivity contribution is 7.88. The number of aryl methyl sites for hydroxylation is 1. The number of nitrogens with one attached hydrogen (secondary N) is 1. The first-order valence-corrected chi connectivity index (χ1v) is 11.3. The number of sulfonamides is 1. The minimum absolute atomic E-state index is 0.312. The molecular formula is C17H23Cl2N5O2S. The zero-order chi connectivity index (χ0) is 19.7. The van der Waals surface area contributed by atoms with Crippen LogP contribution in [0.3, 0.4) is 0 Å². The highest BCUT2D eigenvalue weighted by Crippen LogP contribution is 2.20. The van der Waals surface area contributed by atoms with Gasteiger partial charge in [-0.25, -0.2) is 13.5 Å². The second-order valence-electron chi connectivity index (χ2n) is 6.24. The number of tetrazole rings is 1. The monoisotopic (exact) mass is 431 g/mol. The number of unbranched alkanes of at least 4 members (excludes halogenated alkanes) is 3. The van der Waals surface area contributed by atoms with E-state index < -0.39 is 10.0 Å². The van der Waals surface area contributed by atoms with Crippen molar-refractivity contribution in [2.45, 2.75) is 32.1 Å². The maximum atomic E-state index is 12.0. The van der Waals surface area contributed by atoms with Crippen LogP contribution in [0, 0.1) is 0 Å². The summed E-state index contributed by atoms with van der Waals surface area (Å²) >= 11 is 11.9. The third-order valence-electron chi connectivity index (χ3n) is 3.93. The third-order valence-corrected chi connectivity index (χ3v) is 5.64. The standard InChI is InChI=1S/C17H23Cl2N5O2S/c1-27(25,26)24(9-5-3-2-4-8-17-20-22-23-21-17)10-6-7-14-11-15(18)13-16(19)12-14/h6-7,11-13H,2-5,8-10H2,1H3,(H,20,21,22,23). The van der Waals surface area contributed by atoms with Gasteiger partial charge in [0.25, 0.3) is 0 Å². The molecule has 0 aliphatic rings. The summed E-state index contributed by atoms with van der Waals surface area (Å²) in [6.07, 6.45) is 9.36. The molecule has 0 atom stereocenters. The molecule has 0 saturated carbocycles. The van der Waals surface area contributed by atoms with Crippen molar-refractivity contribution in [2.24, 2.45) is 0 Å². The van der Waals surface area contributed by atoms with E-state index in [4.69, 9.17) is 23.2 Å². The number of hydrogen-bond acceptors (Lipinski definition) is 5. The number of nitrogens with zero attached hydrogens (tertiary/aromatic N) is 4. The Bertz CT molecular complexity index is 821. The molecule has 1 aromatic heterocycles. The smallest absolute Gasteiger partial charge is 0.211 e. The quantitative estimate of drug-likeness (QED) is 0.548. The summed E-state index contributed by atoms with van der Waals surface area (Å²) in [6.45, 7) is 0.802. The van der Waals surface area contributed by atoms with Gasteiger partial charge in [0.1, 0.15) is 5.82 Å². The predicted molar refractivity (Wildman–Crippen MR) is 108 cm³/mol. The molecule has 10 heteroatoms. The summed E-state index contributed by atoms with van der Waals surface area (Å²) in [5.41, 5.74) is 0.836. The molecule has 1 aromatic carbocycles. The second-order valence-corrected chi connectivity index (χ2v) is 9.09. The Hall–Kier alpha value is -1.48. The van der Waals surface area contributed by atoms with Crippen LogP contribution in [0.15, 0.2) is 24.3 Å². The van der Waals surface area contributed by atoms with Crippen molar-refractivity contribution >= 4 is 39.3 Å². The largest absolute Gasteiger partial charge is 0.243 e. The summed E-state index contributed by atoms with van der Waals surface area (Å²) in [6, 6.07) is 5.21. The Morgan fingerprint density at radius 1 is 1.11 bits per heavy atom. The molecule has 7 nitrogen and oxygen atoms in total. The summed E-state index contributed by atoms with van der Waals surface area (Å²) in [4.78, 5) is 0. The van der Waals surface area contributed by atoms with Gasteiger partial charge in [-0.3, -0.25) is 0 Å². The summed E-state index contributed by atoms with van der Waals surface area (Å²) in [5.74, 6) is 0.777. The van der Waals surface area contributed by atoms with Gasteiger partial charge in [-0.2, -0.15) is 4.31 Å². The molecule has 0 bridgehead atoms. The van der Waals surface area contributed by atoms with Crippen LogP contribution in [0.2, 0.25) is 10.0 Å². The normalized spacial score (nSPS) is 12.3. The summed E-state index contributed by atoms with van der Waals surface area (Å²) in [7, 11) is -3.27. The molecule has 1 N–H and O–H groups in total. The van der Waals surface area contributed by atoms with Crippen LogP contribution in [0.5, 0.6) is 0 Å². The molecule has 0 spiro atoms. The van der Waals surface area contributed by atoms with Crippen molar-refractivity contribution in [3.8, 4) is 0 Å². The molecule has 2 rings (SSSR count). The van der Waals surface area contributed by atoms with E-state index in [9.17, 15) is 8.42 Å². The zero-order valence-electron chi connectivity index (χ0n) is 15.1. The number of H-pyrrole nitrogens is 1. The summed E-state index contributed by atoms with van der Waals surface area (Å²) in [5, 5.41) is 14.7. The third kappa shape index (κ3) is 8.38. The van der Waals surface area contributed by atoms with Crippen LogP contribution in [0.1, 0.15) is 37.1 Å². The Morgan fingerprint density at radius 3 is 2.44 bits per heavy atom. The molecule has 1 heterocycles. The predicted octanol–water partition coefficient (Wildman–Crippen LogP) is 3.58. The number of benzene rings is 1. The SMILES string of the molecule is CS(=O)(=O)N(CC=Cc1cc(Cl)cc(Cl)c1)CCCCCCc1nnn[nH]1. The van der Waals surface area contributed by atoms with Gasteiger partial charge < -0.3 is 0 Å². The average Bonchev–Trinajstić information content (AvgIpc) is 3.07. The number of aromatic amines is 1. The van der Waals surface area contributed by atoms with Crippen molar-refractivity contribution in [2.75, 3.05) is 19.3 Å². The van der Waals surface area contributed by atoms with E-state index in [0.717, 1.165) is 43.5 Å². The molecule has 148 valence electrons. The fourth-order valence-corrected chi connectivity index (χ4v) is 3.95. The number of aromatic nitrogens is 4. The Kier molecular flexibility index (Phi) is 8.69. The van der Waals surface area contributed by atoms with Gasteiger partial charge in [0, 0.05) is 29.6 Å². The van der Waals surface area contributed by atoms with E-state index in [2.05, 4.69) is 20.6 Å². The first-order valence-electron chi connectivity index (χ1n) is 8.65. The minimum Gasteiger partial charge on any atom is -0.243 e. The van der Waals surface area contributed by atoms with Gasteiger partial charge >= 0.3 is 0 Å². The molecule has 0 aliphatic carbocycles. The van der Waals surface area contributed by atoms with E-state index in [1.165, 1.54) is 10.6 Å². The van der Waals surface area contributed by atoms with Crippen LogP contribution in [0.4, 0.5) is 0 Å². The van der Waals surface area contributed by atoms with E-state index in [1.807, 2.05) is 6.08 Å². The second kappa shape index (κ2) is 10.8. The molecule has 0 amide bonds. The van der Waals surface area contributed by atoms with Crippen LogP contribution in [-0.4, -0.2) is 52.7 Å².